The minimum Gasteiger partial charge on any atom is -0.484 e. The SMILES string of the molecule is FC(F)(F)COc1cccc(CNCCc2ccc(Cl)cc2)c1. The van der Waals surface area contributed by atoms with Crippen molar-refractivity contribution in [3.05, 3.63) is 64.7 Å². The predicted molar refractivity (Wildman–Crippen MR) is 84.9 cm³/mol. The second kappa shape index (κ2) is 8.22. The summed E-state index contributed by atoms with van der Waals surface area (Å²) in [5.74, 6) is 0.222. The van der Waals surface area contributed by atoms with Gasteiger partial charge < -0.3 is 10.1 Å². The molecule has 0 saturated carbocycles. The minimum atomic E-state index is -4.33. The van der Waals surface area contributed by atoms with Gasteiger partial charge in [0.25, 0.3) is 0 Å². The smallest absolute Gasteiger partial charge is 0.422 e. The van der Waals surface area contributed by atoms with Crippen molar-refractivity contribution >= 4 is 11.6 Å². The molecule has 124 valence electrons. The molecule has 0 aliphatic carbocycles. The lowest BCUT2D eigenvalue weighted by Crippen LogP contribution is -2.19. The maximum Gasteiger partial charge on any atom is 0.422 e. The fourth-order valence-electron chi connectivity index (χ4n) is 2.03. The largest absolute Gasteiger partial charge is 0.484 e. The summed E-state index contributed by atoms with van der Waals surface area (Å²) < 4.78 is 41.1. The Hall–Kier alpha value is -1.72. The van der Waals surface area contributed by atoms with Crippen molar-refractivity contribution in [2.75, 3.05) is 13.2 Å². The van der Waals surface area contributed by atoms with E-state index >= 15 is 0 Å². The van der Waals surface area contributed by atoms with E-state index in [-0.39, 0.29) is 5.75 Å². The second-order valence-electron chi connectivity index (χ2n) is 5.10. The van der Waals surface area contributed by atoms with Gasteiger partial charge in [0, 0.05) is 11.6 Å². The average molecular weight is 344 g/mol. The highest BCUT2D eigenvalue weighted by Crippen LogP contribution is 2.19. The molecular weight excluding hydrogens is 327 g/mol. The lowest BCUT2D eigenvalue weighted by atomic mass is 10.1. The van der Waals surface area contributed by atoms with Gasteiger partial charge in [-0.25, -0.2) is 0 Å². The van der Waals surface area contributed by atoms with Crippen LogP contribution in [0.25, 0.3) is 0 Å². The highest BCUT2D eigenvalue weighted by atomic mass is 35.5. The molecule has 0 fully saturated rings. The lowest BCUT2D eigenvalue weighted by Gasteiger charge is -2.10. The van der Waals surface area contributed by atoms with Crippen LogP contribution in [0.4, 0.5) is 13.2 Å². The number of nitrogens with one attached hydrogen (secondary N) is 1. The standard InChI is InChI=1S/C17H17ClF3NO/c18-15-6-4-13(5-7-15)8-9-22-11-14-2-1-3-16(10-14)23-12-17(19,20)21/h1-7,10,22H,8-9,11-12H2. The molecule has 0 aliphatic rings. The number of alkyl halides is 3. The highest BCUT2D eigenvalue weighted by molar-refractivity contribution is 6.30. The quantitative estimate of drug-likeness (QED) is 0.741. The molecule has 0 unspecified atom stereocenters. The summed E-state index contributed by atoms with van der Waals surface area (Å²) in [6.45, 7) is 0.0481. The fourth-order valence-corrected chi connectivity index (χ4v) is 2.15. The van der Waals surface area contributed by atoms with Crippen molar-refractivity contribution in [1.29, 1.82) is 0 Å². The summed E-state index contributed by atoms with van der Waals surface area (Å²) in [5.41, 5.74) is 2.05. The van der Waals surface area contributed by atoms with Crippen molar-refractivity contribution < 1.29 is 17.9 Å². The van der Waals surface area contributed by atoms with E-state index in [2.05, 4.69) is 5.32 Å². The van der Waals surface area contributed by atoms with E-state index in [0.29, 0.717) is 11.6 Å². The number of hydrogen-bond donors (Lipinski definition) is 1. The third kappa shape index (κ3) is 6.93. The Morgan fingerprint density at radius 2 is 1.74 bits per heavy atom. The Kier molecular flexibility index (Phi) is 6.30. The molecule has 0 atom stereocenters. The van der Waals surface area contributed by atoms with Crippen molar-refractivity contribution in [3.63, 3.8) is 0 Å². The van der Waals surface area contributed by atoms with Gasteiger partial charge in [-0.3, -0.25) is 0 Å². The first kappa shape index (κ1) is 17.6. The van der Waals surface area contributed by atoms with E-state index < -0.39 is 12.8 Å². The number of benzene rings is 2. The summed E-state index contributed by atoms with van der Waals surface area (Å²) in [5, 5.41) is 3.96. The van der Waals surface area contributed by atoms with Gasteiger partial charge in [0.15, 0.2) is 6.61 Å². The van der Waals surface area contributed by atoms with Gasteiger partial charge >= 0.3 is 6.18 Å². The van der Waals surface area contributed by atoms with Crippen LogP contribution >= 0.6 is 11.6 Å². The normalized spacial score (nSPS) is 11.5. The third-order valence-corrected chi connectivity index (χ3v) is 3.39. The van der Waals surface area contributed by atoms with E-state index in [9.17, 15) is 13.2 Å². The molecule has 2 aromatic rings. The van der Waals surface area contributed by atoms with Crippen LogP contribution in [0, 0.1) is 0 Å². The first-order valence-corrected chi connectivity index (χ1v) is 7.54. The summed E-state index contributed by atoms with van der Waals surface area (Å²) in [6.07, 6.45) is -3.48. The van der Waals surface area contributed by atoms with Gasteiger partial charge in [0.1, 0.15) is 5.75 Å². The van der Waals surface area contributed by atoms with Crippen LogP contribution in [0.15, 0.2) is 48.5 Å². The molecule has 2 aromatic carbocycles. The molecule has 0 spiro atoms. The molecule has 0 amide bonds. The van der Waals surface area contributed by atoms with Crippen LogP contribution in [-0.2, 0) is 13.0 Å². The molecule has 0 bridgehead atoms. The molecule has 23 heavy (non-hydrogen) atoms. The topological polar surface area (TPSA) is 21.3 Å². The van der Waals surface area contributed by atoms with Crippen LogP contribution in [0.3, 0.4) is 0 Å². The molecule has 1 N–H and O–H groups in total. The zero-order valence-electron chi connectivity index (χ0n) is 12.4. The first-order chi connectivity index (χ1) is 10.9. The zero-order chi connectivity index (χ0) is 16.7. The monoisotopic (exact) mass is 343 g/mol. The average Bonchev–Trinajstić information content (AvgIpc) is 2.51. The first-order valence-electron chi connectivity index (χ1n) is 7.16. The molecule has 2 rings (SSSR count). The predicted octanol–water partition coefficient (Wildman–Crippen LogP) is 4.61. The van der Waals surface area contributed by atoms with Crippen LogP contribution in [0.2, 0.25) is 5.02 Å². The molecule has 0 saturated heterocycles. The molecule has 0 aliphatic heterocycles. The van der Waals surface area contributed by atoms with Crippen molar-refractivity contribution in [2.45, 2.75) is 19.1 Å². The van der Waals surface area contributed by atoms with E-state index in [1.807, 2.05) is 30.3 Å². The summed E-state index contributed by atoms with van der Waals surface area (Å²) >= 11 is 5.82. The molecule has 0 radical (unpaired) electrons. The van der Waals surface area contributed by atoms with E-state index in [0.717, 1.165) is 18.5 Å². The number of hydrogen-bond acceptors (Lipinski definition) is 2. The zero-order valence-corrected chi connectivity index (χ0v) is 13.1. The summed E-state index contributed by atoms with van der Waals surface area (Å²) in [6, 6.07) is 14.3. The molecular formula is C17H17ClF3NO. The second-order valence-corrected chi connectivity index (χ2v) is 5.54. The highest BCUT2D eigenvalue weighted by Gasteiger charge is 2.28. The van der Waals surface area contributed by atoms with Gasteiger partial charge in [-0.1, -0.05) is 35.9 Å². The van der Waals surface area contributed by atoms with E-state index in [4.69, 9.17) is 16.3 Å². The van der Waals surface area contributed by atoms with E-state index in [1.54, 1.807) is 12.1 Å². The Bertz CT molecular complexity index is 614. The van der Waals surface area contributed by atoms with Gasteiger partial charge in [-0.15, -0.1) is 0 Å². The molecule has 2 nitrogen and oxygen atoms in total. The molecule has 6 heteroatoms. The summed E-state index contributed by atoms with van der Waals surface area (Å²) in [4.78, 5) is 0. The van der Waals surface area contributed by atoms with Gasteiger partial charge in [0.05, 0.1) is 0 Å². The molecule has 0 heterocycles. The number of ether oxygens (including phenoxy) is 1. The maximum atomic E-state index is 12.1. The Morgan fingerprint density at radius 3 is 2.43 bits per heavy atom. The Morgan fingerprint density at radius 1 is 1.00 bits per heavy atom. The Labute approximate surface area is 138 Å². The summed E-state index contributed by atoms with van der Waals surface area (Å²) in [7, 11) is 0. The minimum absolute atomic E-state index is 0.222. The molecule has 0 aromatic heterocycles. The van der Waals surface area contributed by atoms with Crippen LogP contribution < -0.4 is 10.1 Å². The van der Waals surface area contributed by atoms with Gasteiger partial charge in [0.2, 0.25) is 0 Å². The number of halogens is 4. The van der Waals surface area contributed by atoms with Gasteiger partial charge in [-0.05, 0) is 48.4 Å². The van der Waals surface area contributed by atoms with Crippen molar-refractivity contribution in [3.8, 4) is 5.75 Å². The van der Waals surface area contributed by atoms with Crippen LogP contribution in [0.5, 0.6) is 5.75 Å². The number of rotatable bonds is 7. The van der Waals surface area contributed by atoms with Crippen molar-refractivity contribution in [2.24, 2.45) is 0 Å². The maximum absolute atomic E-state index is 12.1. The lowest BCUT2D eigenvalue weighted by molar-refractivity contribution is -0.153. The van der Waals surface area contributed by atoms with Crippen molar-refractivity contribution in [1.82, 2.24) is 5.32 Å². The van der Waals surface area contributed by atoms with Crippen LogP contribution in [0.1, 0.15) is 11.1 Å². The van der Waals surface area contributed by atoms with Gasteiger partial charge in [-0.2, -0.15) is 13.2 Å². The Balaban J connectivity index is 1.76. The van der Waals surface area contributed by atoms with E-state index in [1.165, 1.54) is 11.6 Å². The van der Waals surface area contributed by atoms with Crippen LogP contribution in [-0.4, -0.2) is 19.3 Å². The third-order valence-electron chi connectivity index (χ3n) is 3.13. The fraction of sp³-hybridized carbons (Fsp3) is 0.294.